The highest BCUT2D eigenvalue weighted by Crippen LogP contribution is 2.17. The van der Waals surface area contributed by atoms with Gasteiger partial charge in [0, 0.05) is 31.3 Å². The van der Waals surface area contributed by atoms with Gasteiger partial charge in [-0.05, 0) is 19.8 Å². The van der Waals surface area contributed by atoms with Gasteiger partial charge in [-0.3, -0.25) is 0 Å². The van der Waals surface area contributed by atoms with Crippen LogP contribution in [-0.2, 0) is 4.74 Å². The van der Waals surface area contributed by atoms with Crippen molar-refractivity contribution in [2.24, 2.45) is 0 Å². The summed E-state index contributed by atoms with van der Waals surface area (Å²) in [6, 6.07) is 0.419. The molecular weight excluding hydrogens is 180 g/mol. The summed E-state index contributed by atoms with van der Waals surface area (Å²) < 4.78 is 5.36. The summed E-state index contributed by atoms with van der Waals surface area (Å²) in [5.41, 5.74) is 0.148. The number of aliphatic hydroxyl groups is 1. The lowest BCUT2D eigenvalue weighted by atomic mass is 10.0. The third-order valence-electron chi connectivity index (χ3n) is 3.19. The van der Waals surface area contributed by atoms with Crippen LogP contribution in [0.5, 0.6) is 0 Å². The van der Waals surface area contributed by atoms with Crippen LogP contribution in [0.1, 0.15) is 19.8 Å². The van der Waals surface area contributed by atoms with Crippen molar-refractivity contribution < 1.29 is 9.84 Å². The van der Waals surface area contributed by atoms with Crippen LogP contribution in [0.4, 0.5) is 0 Å². The fraction of sp³-hybridized carbons (Fsp3) is 1.00. The van der Waals surface area contributed by atoms with Crippen LogP contribution in [0.25, 0.3) is 0 Å². The molecular formula is C10H20N2O2. The first-order chi connectivity index (χ1) is 6.68. The molecule has 0 aliphatic carbocycles. The van der Waals surface area contributed by atoms with E-state index in [2.05, 4.69) is 17.6 Å². The molecule has 0 aromatic heterocycles. The van der Waals surface area contributed by atoms with E-state index in [1.807, 2.05) is 0 Å². The Kier molecular flexibility index (Phi) is 3.07. The minimum absolute atomic E-state index is 0.148. The van der Waals surface area contributed by atoms with Gasteiger partial charge in [-0.25, -0.2) is 0 Å². The SMILES string of the molecule is CC1(NCC2CC(O)CN2)CCOC1. The Morgan fingerprint density at radius 2 is 2.50 bits per heavy atom. The van der Waals surface area contributed by atoms with Gasteiger partial charge in [0.25, 0.3) is 0 Å². The van der Waals surface area contributed by atoms with Gasteiger partial charge in [0.15, 0.2) is 0 Å². The zero-order valence-corrected chi connectivity index (χ0v) is 8.75. The molecule has 2 saturated heterocycles. The largest absolute Gasteiger partial charge is 0.392 e. The van der Waals surface area contributed by atoms with Gasteiger partial charge in [-0.2, -0.15) is 0 Å². The average molecular weight is 200 g/mol. The third-order valence-corrected chi connectivity index (χ3v) is 3.19. The number of nitrogens with one attached hydrogen (secondary N) is 2. The van der Waals surface area contributed by atoms with E-state index in [1.165, 1.54) is 0 Å². The Labute approximate surface area is 85.0 Å². The van der Waals surface area contributed by atoms with E-state index in [1.54, 1.807) is 0 Å². The van der Waals surface area contributed by atoms with Crippen molar-refractivity contribution in [3.8, 4) is 0 Å². The smallest absolute Gasteiger partial charge is 0.0680 e. The van der Waals surface area contributed by atoms with Crippen LogP contribution in [0.3, 0.4) is 0 Å². The van der Waals surface area contributed by atoms with Crippen LogP contribution < -0.4 is 10.6 Å². The normalized spacial score (nSPS) is 43.3. The molecule has 82 valence electrons. The predicted octanol–water partition coefficient (Wildman–Crippen LogP) is -0.522. The van der Waals surface area contributed by atoms with Crippen molar-refractivity contribution in [2.45, 2.75) is 37.5 Å². The number of hydrogen-bond acceptors (Lipinski definition) is 4. The van der Waals surface area contributed by atoms with E-state index in [-0.39, 0.29) is 11.6 Å². The maximum Gasteiger partial charge on any atom is 0.0680 e. The minimum atomic E-state index is -0.158. The maximum atomic E-state index is 9.34. The lowest BCUT2D eigenvalue weighted by Crippen LogP contribution is -2.48. The average Bonchev–Trinajstić information content (AvgIpc) is 2.73. The van der Waals surface area contributed by atoms with Crippen molar-refractivity contribution in [3.05, 3.63) is 0 Å². The number of β-amino-alcohol motifs (C(OH)–C–C–N with tert-alkyl or cyclic N) is 1. The van der Waals surface area contributed by atoms with E-state index in [4.69, 9.17) is 4.74 Å². The van der Waals surface area contributed by atoms with Crippen LogP contribution >= 0.6 is 0 Å². The molecule has 0 aromatic carbocycles. The minimum Gasteiger partial charge on any atom is -0.392 e. The zero-order chi connectivity index (χ0) is 10.0. The first kappa shape index (κ1) is 10.4. The molecule has 4 nitrogen and oxygen atoms in total. The van der Waals surface area contributed by atoms with Crippen LogP contribution in [0, 0.1) is 0 Å². The fourth-order valence-electron chi connectivity index (χ4n) is 2.13. The van der Waals surface area contributed by atoms with E-state index in [0.717, 1.165) is 39.1 Å². The monoisotopic (exact) mass is 200 g/mol. The quantitative estimate of drug-likeness (QED) is 0.574. The van der Waals surface area contributed by atoms with Crippen molar-refractivity contribution in [1.29, 1.82) is 0 Å². The van der Waals surface area contributed by atoms with Gasteiger partial charge in [0.2, 0.25) is 0 Å². The number of ether oxygens (including phenoxy) is 1. The maximum absolute atomic E-state index is 9.34. The lowest BCUT2D eigenvalue weighted by Gasteiger charge is -2.25. The lowest BCUT2D eigenvalue weighted by molar-refractivity contribution is 0.169. The Bertz CT molecular complexity index is 193. The Balaban J connectivity index is 1.71. The third kappa shape index (κ3) is 2.45. The van der Waals surface area contributed by atoms with E-state index >= 15 is 0 Å². The van der Waals surface area contributed by atoms with Crippen molar-refractivity contribution in [2.75, 3.05) is 26.3 Å². The molecule has 2 fully saturated rings. The summed E-state index contributed by atoms with van der Waals surface area (Å²) in [5.74, 6) is 0. The molecule has 14 heavy (non-hydrogen) atoms. The molecule has 0 bridgehead atoms. The predicted molar refractivity (Wildman–Crippen MR) is 54.3 cm³/mol. The molecule has 0 saturated carbocycles. The number of rotatable bonds is 3. The number of aliphatic hydroxyl groups excluding tert-OH is 1. The fourth-order valence-corrected chi connectivity index (χ4v) is 2.13. The van der Waals surface area contributed by atoms with Gasteiger partial charge in [0.1, 0.15) is 0 Å². The van der Waals surface area contributed by atoms with Crippen molar-refractivity contribution in [1.82, 2.24) is 10.6 Å². The Hall–Kier alpha value is -0.160. The standard InChI is InChI=1S/C10H20N2O2/c1-10(2-3-14-7-10)12-5-8-4-9(13)6-11-8/h8-9,11-13H,2-7H2,1H3. The molecule has 3 unspecified atom stereocenters. The van der Waals surface area contributed by atoms with Crippen LogP contribution in [0.15, 0.2) is 0 Å². The molecule has 2 aliphatic rings. The molecule has 4 heteroatoms. The molecule has 0 aromatic rings. The van der Waals surface area contributed by atoms with Crippen molar-refractivity contribution in [3.63, 3.8) is 0 Å². The highest BCUT2D eigenvalue weighted by Gasteiger charge is 2.31. The van der Waals surface area contributed by atoms with Crippen LogP contribution in [0.2, 0.25) is 0 Å². The zero-order valence-electron chi connectivity index (χ0n) is 8.75. The summed E-state index contributed by atoms with van der Waals surface area (Å²) in [6.45, 7) is 5.54. The summed E-state index contributed by atoms with van der Waals surface area (Å²) in [5, 5.41) is 16.2. The van der Waals surface area contributed by atoms with Crippen LogP contribution in [-0.4, -0.2) is 49.1 Å². The van der Waals surface area contributed by atoms with Gasteiger partial charge < -0.3 is 20.5 Å². The topological polar surface area (TPSA) is 53.5 Å². The highest BCUT2D eigenvalue weighted by atomic mass is 16.5. The highest BCUT2D eigenvalue weighted by molar-refractivity contribution is 4.90. The van der Waals surface area contributed by atoms with Gasteiger partial charge in [-0.15, -0.1) is 0 Å². The molecule has 2 rings (SSSR count). The Morgan fingerprint density at radius 1 is 1.64 bits per heavy atom. The van der Waals surface area contributed by atoms with E-state index < -0.39 is 0 Å². The number of hydrogen-bond donors (Lipinski definition) is 3. The van der Waals surface area contributed by atoms with E-state index in [9.17, 15) is 5.11 Å². The first-order valence-corrected chi connectivity index (χ1v) is 5.42. The Morgan fingerprint density at radius 3 is 3.07 bits per heavy atom. The molecule has 0 radical (unpaired) electrons. The summed E-state index contributed by atoms with van der Waals surface area (Å²) in [4.78, 5) is 0. The van der Waals surface area contributed by atoms with Crippen molar-refractivity contribution >= 4 is 0 Å². The summed E-state index contributed by atoms with van der Waals surface area (Å²) in [7, 11) is 0. The van der Waals surface area contributed by atoms with E-state index in [0.29, 0.717) is 6.04 Å². The molecule has 3 atom stereocenters. The van der Waals surface area contributed by atoms with Gasteiger partial charge in [-0.1, -0.05) is 0 Å². The molecule has 3 N–H and O–H groups in total. The first-order valence-electron chi connectivity index (χ1n) is 5.42. The van der Waals surface area contributed by atoms with Gasteiger partial charge in [0.05, 0.1) is 12.7 Å². The summed E-state index contributed by atoms with van der Waals surface area (Å²) in [6.07, 6.45) is 1.79. The second-order valence-electron chi connectivity index (χ2n) is 4.74. The second kappa shape index (κ2) is 4.14. The molecule has 0 spiro atoms. The van der Waals surface area contributed by atoms with Gasteiger partial charge >= 0.3 is 0 Å². The second-order valence-corrected chi connectivity index (χ2v) is 4.74. The summed E-state index contributed by atoms with van der Waals surface area (Å²) >= 11 is 0. The molecule has 0 amide bonds. The molecule has 2 aliphatic heterocycles. The molecule has 2 heterocycles.